The van der Waals surface area contributed by atoms with Gasteiger partial charge in [0.05, 0.1) is 23.9 Å². The minimum Gasteiger partial charge on any atom is -0.486 e. The van der Waals surface area contributed by atoms with Crippen molar-refractivity contribution in [3.8, 4) is 5.75 Å². The molecule has 11 heteroatoms. The standard InChI is InChI=1S/C18H16N4O7/c1-21-16(18(24)27-2)14(9-19-21)20-17(23)15-8-7-13(29-15)10-28-12-5-3-11(4-6-12)22(25)26/h3-9H,10H2,1-2H3,(H,20,23). The van der Waals surface area contributed by atoms with Gasteiger partial charge in [0, 0.05) is 19.2 Å². The van der Waals surface area contributed by atoms with Gasteiger partial charge in [-0.1, -0.05) is 0 Å². The van der Waals surface area contributed by atoms with Crippen LogP contribution in [0.2, 0.25) is 0 Å². The van der Waals surface area contributed by atoms with E-state index in [0.717, 1.165) is 0 Å². The lowest BCUT2D eigenvalue weighted by atomic mass is 10.3. The number of rotatable bonds is 7. The third kappa shape index (κ3) is 4.40. The average molecular weight is 400 g/mol. The van der Waals surface area contributed by atoms with Crippen LogP contribution >= 0.6 is 0 Å². The summed E-state index contributed by atoms with van der Waals surface area (Å²) in [5.74, 6) is -0.433. The largest absolute Gasteiger partial charge is 0.486 e. The van der Waals surface area contributed by atoms with E-state index in [-0.39, 0.29) is 29.4 Å². The number of benzene rings is 1. The van der Waals surface area contributed by atoms with Crippen LogP contribution in [0.3, 0.4) is 0 Å². The Morgan fingerprint density at radius 1 is 1.24 bits per heavy atom. The Labute approximate surface area is 164 Å². The van der Waals surface area contributed by atoms with Crippen LogP contribution in [0.15, 0.2) is 47.0 Å². The number of furan rings is 1. The van der Waals surface area contributed by atoms with Crippen LogP contribution < -0.4 is 10.1 Å². The number of aromatic nitrogens is 2. The highest BCUT2D eigenvalue weighted by Crippen LogP contribution is 2.20. The van der Waals surface area contributed by atoms with E-state index in [1.807, 2.05) is 0 Å². The van der Waals surface area contributed by atoms with Gasteiger partial charge in [-0.15, -0.1) is 0 Å². The van der Waals surface area contributed by atoms with Crippen molar-refractivity contribution < 1.29 is 28.4 Å². The molecule has 1 N–H and O–H groups in total. The summed E-state index contributed by atoms with van der Waals surface area (Å²) in [7, 11) is 2.77. The number of nitro groups is 1. The van der Waals surface area contributed by atoms with Crippen molar-refractivity contribution in [2.24, 2.45) is 7.05 Å². The summed E-state index contributed by atoms with van der Waals surface area (Å²) in [6, 6.07) is 8.59. The van der Waals surface area contributed by atoms with Crippen LogP contribution in [0, 0.1) is 10.1 Å². The summed E-state index contributed by atoms with van der Waals surface area (Å²) >= 11 is 0. The molecule has 0 saturated heterocycles. The number of aryl methyl sites for hydroxylation is 1. The normalized spacial score (nSPS) is 10.4. The molecule has 2 aromatic heterocycles. The Morgan fingerprint density at radius 2 is 1.97 bits per heavy atom. The number of ether oxygens (including phenoxy) is 2. The molecular weight excluding hydrogens is 384 g/mol. The molecule has 150 valence electrons. The van der Waals surface area contributed by atoms with E-state index in [1.54, 1.807) is 13.1 Å². The van der Waals surface area contributed by atoms with Crippen LogP contribution in [0.4, 0.5) is 11.4 Å². The molecule has 3 rings (SSSR count). The Bertz CT molecular complexity index is 1050. The number of carbonyl (C=O) groups excluding carboxylic acids is 2. The highest BCUT2D eigenvalue weighted by molar-refractivity contribution is 6.06. The van der Waals surface area contributed by atoms with Gasteiger partial charge in [0.2, 0.25) is 0 Å². The minimum atomic E-state index is -0.642. The molecule has 2 heterocycles. The van der Waals surface area contributed by atoms with Crippen molar-refractivity contribution in [2.75, 3.05) is 12.4 Å². The number of carbonyl (C=O) groups is 2. The number of anilines is 1. The molecule has 0 atom stereocenters. The Morgan fingerprint density at radius 3 is 2.62 bits per heavy atom. The van der Waals surface area contributed by atoms with Gasteiger partial charge >= 0.3 is 5.97 Å². The van der Waals surface area contributed by atoms with E-state index in [1.165, 1.54) is 48.3 Å². The molecule has 0 unspecified atom stereocenters. The Balaban J connectivity index is 1.63. The zero-order valence-electron chi connectivity index (χ0n) is 15.4. The number of amides is 1. The maximum atomic E-state index is 12.4. The highest BCUT2D eigenvalue weighted by Gasteiger charge is 2.21. The fourth-order valence-electron chi connectivity index (χ4n) is 2.45. The number of esters is 1. The number of nitro benzene ring substituents is 1. The van der Waals surface area contributed by atoms with Crippen molar-refractivity contribution in [2.45, 2.75) is 6.61 Å². The summed E-state index contributed by atoms with van der Waals surface area (Å²) in [5.41, 5.74) is 0.231. The van der Waals surface area contributed by atoms with Gasteiger partial charge < -0.3 is 19.2 Å². The molecular formula is C18H16N4O7. The monoisotopic (exact) mass is 400 g/mol. The van der Waals surface area contributed by atoms with E-state index in [4.69, 9.17) is 9.15 Å². The van der Waals surface area contributed by atoms with Gasteiger partial charge in [0.1, 0.15) is 18.1 Å². The molecule has 0 aliphatic rings. The fourth-order valence-corrected chi connectivity index (χ4v) is 2.45. The maximum Gasteiger partial charge on any atom is 0.358 e. The maximum absolute atomic E-state index is 12.4. The first-order chi connectivity index (χ1) is 13.9. The number of nitrogens with one attached hydrogen (secondary N) is 1. The minimum absolute atomic E-state index is 0.00645. The van der Waals surface area contributed by atoms with Crippen molar-refractivity contribution in [1.29, 1.82) is 0 Å². The van der Waals surface area contributed by atoms with E-state index in [2.05, 4.69) is 15.2 Å². The molecule has 0 saturated carbocycles. The van der Waals surface area contributed by atoms with Gasteiger partial charge in [0.15, 0.2) is 11.5 Å². The lowest BCUT2D eigenvalue weighted by Gasteiger charge is -2.05. The second-order valence-electron chi connectivity index (χ2n) is 5.78. The summed E-state index contributed by atoms with van der Waals surface area (Å²) < 4.78 is 16.9. The number of hydrogen-bond donors (Lipinski definition) is 1. The molecule has 0 bridgehead atoms. The molecule has 1 aromatic carbocycles. The van der Waals surface area contributed by atoms with Gasteiger partial charge in [-0.2, -0.15) is 5.10 Å². The summed E-state index contributed by atoms with van der Waals surface area (Å²) in [4.78, 5) is 34.3. The molecule has 0 aliphatic carbocycles. The van der Waals surface area contributed by atoms with Crippen LogP contribution in [-0.4, -0.2) is 33.7 Å². The predicted octanol–water partition coefficient (Wildman–Crippen LogP) is 2.54. The second-order valence-corrected chi connectivity index (χ2v) is 5.78. The number of nitrogens with zero attached hydrogens (tertiary/aromatic N) is 3. The first-order valence-electron chi connectivity index (χ1n) is 8.26. The lowest BCUT2D eigenvalue weighted by molar-refractivity contribution is -0.384. The zero-order chi connectivity index (χ0) is 21.0. The third-order valence-corrected chi connectivity index (χ3v) is 3.88. The molecule has 29 heavy (non-hydrogen) atoms. The quantitative estimate of drug-likeness (QED) is 0.363. The Kier molecular flexibility index (Phi) is 5.58. The number of hydrogen-bond acceptors (Lipinski definition) is 8. The Hall–Kier alpha value is -4.15. The summed E-state index contributed by atoms with van der Waals surface area (Å²) in [5, 5.41) is 17.1. The fraction of sp³-hybridized carbons (Fsp3) is 0.167. The first kappa shape index (κ1) is 19.6. The van der Waals surface area contributed by atoms with E-state index >= 15 is 0 Å². The van der Waals surface area contributed by atoms with Gasteiger partial charge in [-0.25, -0.2) is 4.79 Å². The van der Waals surface area contributed by atoms with Crippen molar-refractivity contribution >= 4 is 23.3 Å². The van der Waals surface area contributed by atoms with Gasteiger partial charge in [-0.3, -0.25) is 19.6 Å². The third-order valence-electron chi connectivity index (χ3n) is 3.88. The van der Waals surface area contributed by atoms with Gasteiger partial charge in [0.25, 0.3) is 11.6 Å². The van der Waals surface area contributed by atoms with Crippen molar-refractivity contribution in [3.05, 3.63) is 69.9 Å². The second kappa shape index (κ2) is 8.25. The molecule has 0 aliphatic heterocycles. The SMILES string of the molecule is COC(=O)c1c(NC(=O)c2ccc(COc3ccc([N+](=O)[O-])cc3)o2)cnn1C. The predicted molar refractivity (Wildman–Crippen MR) is 98.6 cm³/mol. The highest BCUT2D eigenvalue weighted by atomic mass is 16.6. The van der Waals surface area contributed by atoms with E-state index < -0.39 is 16.8 Å². The van der Waals surface area contributed by atoms with E-state index in [9.17, 15) is 19.7 Å². The summed E-state index contributed by atoms with van der Waals surface area (Å²) in [6.07, 6.45) is 1.33. The van der Waals surface area contributed by atoms with Crippen LogP contribution in [0.25, 0.3) is 0 Å². The van der Waals surface area contributed by atoms with Crippen LogP contribution in [-0.2, 0) is 18.4 Å². The van der Waals surface area contributed by atoms with Gasteiger partial charge in [-0.05, 0) is 24.3 Å². The molecule has 0 fully saturated rings. The van der Waals surface area contributed by atoms with Crippen molar-refractivity contribution in [3.63, 3.8) is 0 Å². The van der Waals surface area contributed by atoms with Crippen LogP contribution in [0.5, 0.6) is 5.75 Å². The first-order valence-corrected chi connectivity index (χ1v) is 8.26. The topological polar surface area (TPSA) is 139 Å². The number of non-ortho nitro benzene ring substituents is 1. The molecule has 3 aromatic rings. The molecule has 0 spiro atoms. The molecule has 1 amide bonds. The van der Waals surface area contributed by atoms with Crippen molar-refractivity contribution in [1.82, 2.24) is 9.78 Å². The lowest BCUT2D eigenvalue weighted by Crippen LogP contribution is -2.16. The zero-order valence-corrected chi connectivity index (χ0v) is 15.4. The smallest absolute Gasteiger partial charge is 0.358 e. The molecule has 0 radical (unpaired) electrons. The summed E-state index contributed by atoms with van der Waals surface area (Å²) in [6.45, 7) is 0.0192. The molecule has 11 nitrogen and oxygen atoms in total. The van der Waals surface area contributed by atoms with Crippen LogP contribution in [0.1, 0.15) is 26.8 Å². The van der Waals surface area contributed by atoms with E-state index in [0.29, 0.717) is 11.5 Å². The number of methoxy groups -OCH3 is 1. The average Bonchev–Trinajstić information content (AvgIpc) is 3.33.